The van der Waals surface area contributed by atoms with Crippen molar-refractivity contribution in [1.29, 1.82) is 0 Å². The molecule has 0 bridgehead atoms. The van der Waals surface area contributed by atoms with Gasteiger partial charge >= 0.3 is 6.03 Å². The molecular weight excluding hydrogens is 486 g/mol. The number of benzene rings is 1. The molecular formula is C25H28ClN5O3S. The number of rotatable bonds is 6. The van der Waals surface area contributed by atoms with Crippen LogP contribution in [-0.4, -0.2) is 64.7 Å². The van der Waals surface area contributed by atoms with Crippen LogP contribution in [0.15, 0.2) is 24.5 Å². The zero-order valence-electron chi connectivity index (χ0n) is 20.0. The van der Waals surface area contributed by atoms with Crippen molar-refractivity contribution >= 4 is 45.1 Å². The first-order valence-electron chi connectivity index (χ1n) is 11.7. The van der Waals surface area contributed by atoms with Crippen molar-refractivity contribution in [2.24, 2.45) is 0 Å². The van der Waals surface area contributed by atoms with E-state index in [0.717, 1.165) is 57.0 Å². The number of aryl methyl sites for hydroxylation is 1. The van der Waals surface area contributed by atoms with Crippen LogP contribution in [0.3, 0.4) is 0 Å². The van der Waals surface area contributed by atoms with E-state index in [9.17, 15) is 9.59 Å². The Morgan fingerprint density at radius 2 is 2.09 bits per heavy atom. The van der Waals surface area contributed by atoms with Gasteiger partial charge in [-0.05, 0) is 50.1 Å². The Morgan fingerprint density at radius 1 is 1.26 bits per heavy atom. The highest BCUT2D eigenvalue weighted by Gasteiger charge is 2.30. The molecule has 4 heterocycles. The molecule has 3 aromatic rings. The van der Waals surface area contributed by atoms with Crippen molar-refractivity contribution in [2.45, 2.75) is 45.3 Å². The Hall–Kier alpha value is -2.59. The summed E-state index contributed by atoms with van der Waals surface area (Å²) in [4.78, 5) is 35.2. The topological polar surface area (TPSA) is 96.5 Å². The standard InChI is InChI=1S/C25H28ClN5O3S/c1-14-6-15(26)7-19(18(14)8-16-10-27-12-25(2,3)34-16)22-23-20(29-13-30-22)9-17(35-23)4-5-31-21(32)11-28-24(31)33/h6-7,9,13,16,27H,4-5,8,10-12H2,1-3H3,(H,28,33)/t16-/m0/s1. The summed E-state index contributed by atoms with van der Waals surface area (Å²) in [5.74, 6) is -0.196. The number of nitrogens with one attached hydrogen (secondary N) is 2. The number of imide groups is 1. The van der Waals surface area contributed by atoms with Crippen LogP contribution < -0.4 is 10.6 Å². The normalized spacial score (nSPS) is 20.0. The van der Waals surface area contributed by atoms with Gasteiger partial charge in [-0.15, -0.1) is 11.3 Å². The molecule has 2 aliphatic heterocycles. The van der Waals surface area contributed by atoms with Gasteiger partial charge in [0.2, 0.25) is 5.91 Å². The van der Waals surface area contributed by atoms with Crippen molar-refractivity contribution in [3.8, 4) is 11.3 Å². The summed E-state index contributed by atoms with van der Waals surface area (Å²) in [7, 11) is 0. The summed E-state index contributed by atoms with van der Waals surface area (Å²) >= 11 is 8.10. The third kappa shape index (κ3) is 5.04. The average Bonchev–Trinajstić information content (AvgIpc) is 3.35. The minimum absolute atomic E-state index is 0.0396. The van der Waals surface area contributed by atoms with Crippen LogP contribution in [0.1, 0.15) is 29.9 Å². The van der Waals surface area contributed by atoms with Crippen molar-refractivity contribution in [3.63, 3.8) is 0 Å². The quantitative estimate of drug-likeness (QED) is 0.488. The van der Waals surface area contributed by atoms with E-state index in [0.29, 0.717) is 18.0 Å². The van der Waals surface area contributed by atoms with Gasteiger partial charge < -0.3 is 15.4 Å². The second kappa shape index (κ2) is 9.46. The van der Waals surface area contributed by atoms with Gasteiger partial charge in [-0.1, -0.05) is 11.6 Å². The smallest absolute Gasteiger partial charge is 0.324 e. The second-order valence-corrected chi connectivity index (χ2v) is 11.3. The van der Waals surface area contributed by atoms with Crippen LogP contribution in [0.2, 0.25) is 5.02 Å². The summed E-state index contributed by atoms with van der Waals surface area (Å²) in [6.45, 7) is 8.28. The van der Waals surface area contributed by atoms with Gasteiger partial charge in [-0.3, -0.25) is 9.69 Å². The Labute approximate surface area is 213 Å². The number of aromatic nitrogens is 2. The van der Waals surface area contributed by atoms with Gasteiger partial charge in [0.15, 0.2) is 0 Å². The predicted molar refractivity (Wildman–Crippen MR) is 137 cm³/mol. The molecule has 1 atom stereocenters. The van der Waals surface area contributed by atoms with Crippen LogP contribution in [0.4, 0.5) is 4.79 Å². The molecule has 35 heavy (non-hydrogen) atoms. The molecule has 5 rings (SSSR count). The lowest BCUT2D eigenvalue weighted by Gasteiger charge is -2.37. The van der Waals surface area contributed by atoms with E-state index in [1.807, 2.05) is 18.2 Å². The molecule has 3 amide bonds. The van der Waals surface area contributed by atoms with Crippen molar-refractivity contribution in [3.05, 3.63) is 45.6 Å². The maximum Gasteiger partial charge on any atom is 0.324 e. The minimum atomic E-state index is -0.335. The maximum absolute atomic E-state index is 11.9. The summed E-state index contributed by atoms with van der Waals surface area (Å²) in [5.41, 5.74) is 4.70. The fourth-order valence-electron chi connectivity index (χ4n) is 4.79. The number of hydrogen-bond acceptors (Lipinski definition) is 7. The number of halogens is 1. The van der Waals surface area contributed by atoms with Crippen molar-refractivity contribution in [1.82, 2.24) is 25.5 Å². The van der Waals surface area contributed by atoms with E-state index in [1.54, 1.807) is 17.7 Å². The van der Waals surface area contributed by atoms with Crippen LogP contribution in [0.25, 0.3) is 21.5 Å². The molecule has 2 aliphatic rings. The molecule has 0 unspecified atom stereocenters. The van der Waals surface area contributed by atoms with Crippen molar-refractivity contribution in [2.75, 3.05) is 26.2 Å². The molecule has 2 aromatic heterocycles. The number of fused-ring (bicyclic) bond motifs is 1. The van der Waals surface area contributed by atoms with E-state index in [1.165, 1.54) is 4.90 Å². The third-order valence-electron chi connectivity index (χ3n) is 6.41. The number of morpholine rings is 1. The van der Waals surface area contributed by atoms with E-state index >= 15 is 0 Å². The molecule has 2 saturated heterocycles. The summed E-state index contributed by atoms with van der Waals surface area (Å²) < 4.78 is 7.32. The van der Waals surface area contributed by atoms with Gasteiger partial charge in [-0.25, -0.2) is 14.8 Å². The number of amides is 3. The molecule has 0 spiro atoms. The SMILES string of the molecule is Cc1cc(Cl)cc(-c2ncnc3cc(CCN4C(=O)CNC4=O)sc23)c1C[C@H]1CNCC(C)(C)O1. The molecule has 0 aliphatic carbocycles. The fourth-order valence-corrected chi connectivity index (χ4v) is 6.16. The van der Waals surface area contributed by atoms with Gasteiger partial charge in [-0.2, -0.15) is 0 Å². The predicted octanol–water partition coefficient (Wildman–Crippen LogP) is 3.72. The molecule has 2 N–H and O–H groups in total. The number of nitrogens with zero attached hydrogens (tertiary/aromatic N) is 3. The molecule has 1 aromatic carbocycles. The monoisotopic (exact) mass is 513 g/mol. The number of ether oxygens (including phenoxy) is 1. The Balaban J connectivity index is 1.48. The Kier molecular flexibility index (Phi) is 6.52. The Morgan fingerprint density at radius 3 is 2.83 bits per heavy atom. The third-order valence-corrected chi connectivity index (χ3v) is 7.82. The van der Waals surface area contributed by atoms with E-state index in [-0.39, 0.29) is 30.2 Å². The number of hydrogen-bond donors (Lipinski definition) is 2. The zero-order chi connectivity index (χ0) is 24.7. The lowest BCUT2D eigenvalue weighted by atomic mass is 9.93. The molecule has 0 radical (unpaired) electrons. The maximum atomic E-state index is 11.9. The van der Waals surface area contributed by atoms with Crippen LogP contribution in [0.5, 0.6) is 0 Å². The van der Waals surface area contributed by atoms with Gasteiger partial charge in [0, 0.05) is 47.9 Å². The summed E-state index contributed by atoms with van der Waals surface area (Å²) in [5, 5.41) is 6.70. The molecule has 2 fully saturated rings. The molecule has 8 nitrogen and oxygen atoms in total. The fraction of sp³-hybridized carbons (Fsp3) is 0.440. The first-order chi connectivity index (χ1) is 16.7. The van der Waals surface area contributed by atoms with Gasteiger partial charge in [0.25, 0.3) is 0 Å². The minimum Gasteiger partial charge on any atom is -0.369 e. The largest absolute Gasteiger partial charge is 0.369 e. The highest BCUT2D eigenvalue weighted by Crippen LogP contribution is 2.37. The average molecular weight is 514 g/mol. The highest BCUT2D eigenvalue weighted by atomic mass is 35.5. The van der Waals surface area contributed by atoms with Crippen LogP contribution in [0, 0.1) is 6.92 Å². The Bertz CT molecular complexity index is 1290. The van der Waals surface area contributed by atoms with E-state index in [4.69, 9.17) is 16.3 Å². The molecule has 10 heteroatoms. The zero-order valence-corrected chi connectivity index (χ0v) is 21.6. The van der Waals surface area contributed by atoms with Crippen molar-refractivity contribution < 1.29 is 14.3 Å². The number of urea groups is 1. The first kappa shape index (κ1) is 24.1. The number of carbonyl (C=O) groups excluding carboxylic acids is 2. The van der Waals surface area contributed by atoms with Gasteiger partial charge in [0.1, 0.15) is 6.33 Å². The number of thiophene rings is 1. The molecule has 0 saturated carbocycles. The van der Waals surface area contributed by atoms with Crippen LogP contribution in [-0.2, 0) is 22.4 Å². The second-order valence-electron chi connectivity index (χ2n) is 9.69. The lowest BCUT2D eigenvalue weighted by Crippen LogP contribution is -2.51. The van der Waals surface area contributed by atoms with Gasteiger partial charge in [0.05, 0.1) is 34.2 Å². The van der Waals surface area contributed by atoms with E-state index in [2.05, 4.69) is 41.4 Å². The van der Waals surface area contributed by atoms with Crippen LogP contribution >= 0.6 is 22.9 Å². The summed E-state index contributed by atoms with van der Waals surface area (Å²) in [6, 6.07) is 5.63. The van der Waals surface area contributed by atoms with E-state index < -0.39 is 0 Å². The highest BCUT2D eigenvalue weighted by molar-refractivity contribution is 7.19. The number of carbonyl (C=O) groups is 2. The first-order valence-corrected chi connectivity index (χ1v) is 12.9. The lowest BCUT2D eigenvalue weighted by molar-refractivity contribution is -0.124. The molecule has 184 valence electrons. The summed E-state index contributed by atoms with van der Waals surface area (Å²) in [6.07, 6.45) is 2.92.